The molecule has 4 rings (SSSR count). The van der Waals surface area contributed by atoms with Gasteiger partial charge in [-0.3, -0.25) is 4.79 Å². The third-order valence-electron chi connectivity index (χ3n) is 5.98. The minimum absolute atomic E-state index is 0.0423. The van der Waals surface area contributed by atoms with Crippen LogP contribution in [0.3, 0.4) is 0 Å². The average molecular weight is 440 g/mol. The molecular weight excluding hydrogens is 410 g/mol. The summed E-state index contributed by atoms with van der Waals surface area (Å²) in [6.07, 6.45) is 5.49. The lowest BCUT2D eigenvalue weighted by Crippen LogP contribution is -2.31. The van der Waals surface area contributed by atoms with Gasteiger partial charge in [-0.25, -0.2) is 8.42 Å². The zero-order chi connectivity index (χ0) is 21.8. The number of benzene rings is 2. The Morgan fingerprint density at radius 1 is 1.06 bits per heavy atom. The molecule has 1 aliphatic heterocycles. The third-order valence-corrected chi connectivity index (χ3v) is 7.87. The summed E-state index contributed by atoms with van der Waals surface area (Å²) < 4.78 is 29.1. The fraction of sp³-hybridized carbons (Fsp3) is 0.375. The van der Waals surface area contributed by atoms with E-state index in [9.17, 15) is 13.2 Å². The van der Waals surface area contributed by atoms with Crippen LogP contribution in [-0.4, -0.2) is 42.8 Å². The molecule has 1 fully saturated rings. The van der Waals surface area contributed by atoms with Crippen molar-refractivity contribution < 1.29 is 13.2 Å². The van der Waals surface area contributed by atoms with Crippen molar-refractivity contribution in [3.05, 3.63) is 66.4 Å². The number of fused-ring (bicyclic) bond motifs is 1. The molecule has 0 spiro atoms. The summed E-state index contributed by atoms with van der Waals surface area (Å²) in [5.41, 5.74) is 2.12. The SMILES string of the molecule is CC(C(=O)NCCCc1ccccc1)n1ccc2cc(S(=O)(=O)N3CCCC3)ccc21. The molecule has 31 heavy (non-hydrogen) atoms. The van der Waals surface area contributed by atoms with Crippen LogP contribution in [0, 0.1) is 0 Å². The number of hydrogen-bond acceptors (Lipinski definition) is 3. The van der Waals surface area contributed by atoms with E-state index < -0.39 is 10.0 Å². The van der Waals surface area contributed by atoms with E-state index in [4.69, 9.17) is 0 Å². The molecule has 1 unspecified atom stereocenters. The molecule has 1 saturated heterocycles. The Balaban J connectivity index is 1.41. The van der Waals surface area contributed by atoms with E-state index in [0.29, 0.717) is 24.5 Å². The lowest BCUT2D eigenvalue weighted by molar-refractivity contribution is -0.123. The minimum Gasteiger partial charge on any atom is -0.354 e. The van der Waals surface area contributed by atoms with Gasteiger partial charge < -0.3 is 9.88 Å². The first-order valence-electron chi connectivity index (χ1n) is 10.9. The normalized spacial score (nSPS) is 15.9. The van der Waals surface area contributed by atoms with Crippen LogP contribution in [-0.2, 0) is 21.2 Å². The van der Waals surface area contributed by atoms with Gasteiger partial charge in [-0.1, -0.05) is 30.3 Å². The van der Waals surface area contributed by atoms with Gasteiger partial charge in [0, 0.05) is 36.7 Å². The number of aromatic nitrogens is 1. The molecule has 164 valence electrons. The van der Waals surface area contributed by atoms with E-state index >= 15 is 0 Å². The van der Waals surface area contributed by atoms with Gasteiger partial charge in [-0.2, -0.15) is 4.31 Å². The average Bonchev–Trinajstić information content (AvgIpc) is 3.47. The predicted molar refractivity (Wildman–Crippen MR) is 122 cm³/mol. The standard InChI is InChI=1S/C24H29N3O3S/c1-19(24(28)25-14-7-10-20-8-3-2-4-9-20)27-17-13-21-18-22(11-12-23(21)27)31(29,30)26-15-5-6-16-26/h2-4,8-9,11-13,17-19H,5-7,10,14-16H2,1H3,(H,25,28). The van der Waals surface area contributed by atoms with Crippen LogP contribution in [0.4, 0.5) is 0 Å². The van der Waals surface area contributed by atoms with Crippen molar-refractivity contribution in [3.63, 3.8) is 0 Å². The first-order chi connectivity index (χ1) is 15.0. The second-order valence-electron chi connectivity index (χ2n) is 8.11. The van der Waals surface area contributed by atoms with Gasteiger partial charge in [0.1, 0.15) is 6.04 Å². The number of carbonyl (C=O) groups is 1. The summed E-state index contributed by atoms with van der Waals surface area (Å²) in [5.74, 6) is -0.0423. The van der Waals surface area contributed by atoms with E-state index in [1.165, 1.54) is 5.56 Å². The highest BCUT2D eigenvalue weighted by Crippen LogP contribution is 2.26. The van der Waals surface area contributed by atoms with Crippen molar-refractivity contribution in [2.24, 2.45) is 0 Å². The van der Waals surface area contributed by atoms with Gasteiger partial charge in [-0.15, -0.1) is 0 Å². The molecule has 7 heteroatoms. The molecule has 0 aliphatic carbocycles. The number of nitrogens with zero attached hydrogens (tertiary/aromatic N) is 2. The van der Waals surface area contributed by atoms with Crippen molar-refractivity contribution in [3.8, 4) is 0 Å². The molecule has 6 nitrogen and oxygen atoms in total. The lowest BCUT2D eigenvalue weighted by Gasteiger charge is -2.17. The van der Waals surface area contributed by atoms with Crippen LogP contribution in [0.2, 0.25) is 0 Å². The summed E-state index contributed by atoms with van der Waals surface area (Å²) in [6, 6.07) is 16.9. The topological polar surface area (TPSA) is 71.4 Å². The Hall–Kier alpha value is -2.64. The summed E-state index contributed by atoms with van der Waals surface area (Å²) in [7, 11) is -3.45. The largest absolute Gasteiger partial charge is 0.354 e. The second-order valence-corrected chi connectivity index (χ2v) is 10.0. The molecule has 1 N–H and O–H groups in total. The van der Waals surface area contributed by atoms with E-state index in [2.05, 4.69) is 17.4 Å². The van der Waals surface area contributed by atoms with Gasteiger partial charge in [0.15, 0.2) is 0 Å². The fourth-order valence-corrected chi connectivity index (χ4v) is 5.69. The Kier molecular flexibility index (Phi) is 6.43. The molecule has 2 aromatic carbocycles. The molecule has 0 saturated carbocycles. The highest BCUT2D eigenvalue weighted by molar-refractivity contribution is 7.89. The molecule has 1 aliphatic rings. The van der Waals surface area contributed by atoms with Crippen molar-refractivity contribution in [2.75, 3.05) is 19.6 Å². The first-order valence-corrected chi connectivity index (χ1v) is 12.3. The van der Waals surface area contributed by atoms with Crippen LogP contribution in [0.5, 0.6) is 0 Å². The van der Waals surface area contributed by atoms with Crippen molar-refractivity contribution in [2.45, 2.75) is 43.5 Å². The zero-order valence-electron chi connectivity index (χ0n) is 17.8. The Morgan fingerprint density at radius 2 is 1.81 bits per heavy atom. The minimum atomic E-state index is -3.45. The van der Waals surface area contributed by atoms with Crippen molar-refractivity contribution >= 4 is 26.8 Å². The molecular formula is C24H29N3O3S. The first kappa shape index (κ1) is 21.6. The van der Waals surface area contributed by atoms with Crippen LogP contribution < -0.4 is 5.32 Å². The lowest BCUT2D eigenvalue weighted by atomic mass is 10.1. The van der Waals surface area contributed by atoms with Gasteiger partial charge in [0.2, 0.25) is 15.9 Å². The number of hydrogen-bond donors (Lipinski definition) is 1. The summed E-state index contributed by atoms with van der Waals surface area (Å²) in [6.45, 7) is 3.65. The molecule has 1 amide bonds. The van der Waals surface area contributed by atoms with E-state index in [-0.39, 0.29) is 11.9 Å². The maximum Gasteiger partial charge on any atom is 0.243 e. The van der Waals surface area contributed by atoms with E-state index in [1.54, 1.807) is 22.5 Å². The molecule has 0 bridgehead atoms. The summed E-state index contributed by atoms with van der Waals surface area (Å²) in [4.78, 5) is 13.0. The Morgan fingerprint density at radius 3 is 2.55 bits per heavy atom. The molecule has 1 aromatic heterocycles. The van der Waals surface area contributed by atoms with Crippen LogP contribution in [0.15, 0.2) is 65.7 Å². The second kappa shape index (κ2) is 9.24. The van der Waals surface area contributed by atoms with Crippen LogP contribution >= 0.6 is 0 Å². The number of sulfonamides is 1. The number of amides is 1. The van der Waals surface area contributed by atoms with Gasteiger partial charge in [0.05, 0.1) is 4.90 Å². The van der Waals surface area contributed by atoms with Crippen LogP contribution in [0.1, 0.15) is 37.8 Å². The number of aryl methyl sites for hydroxylation is 1. The highest BCUT2D eigenvalue weighted by atomic mass is 32.2. The molecule has 2 heterocycles. The van der Waals surface area contributed by atoms with Gasteiger partial charge >= 0.3 is 0 Å². The quantitative estimate of drug-likeness (QED) is 0.544. The summed E-state index contributed by atoms with van der Waals surface area (Å²) >= 11 is 0. The zero-order valence-corrected chi connectivity index (χ0v) is 18.6. The fourth-order valence-electron chi connectivity index (χ4n) is 4.14. The Bertz CT molecular complexity index is 1150. The smallest absolute Gasteiger partial charge is 0.243 e. The third kappa shape index (κ3) is 4.67. The van der Waals surface area contributed by atoms with Crippen molar-refractivity contribution in [1.29, 1.82) is 0 Å². The highest BCUT2D eigenvalue weighted by Gasteiger charge is 2.27. The molecule has 3 aromatic rings. The monoisotopic (exact) mass is 439 g/mol. The van der Waals surface area contributed by atoms with E-state index in [0.717, 1.165) is 36.6 Å². The Labute approximate surface area is 183 Å². The number of nitrogens with one attached hydrogen (secondary N) is 1. The summed E-state index contributed by atoms with van der Waals surface area (Å²) in [5, 5.41) is 3.84. The maximum absolute atomic E-state index is 12.8. The number of rotatable bonds is 8. The van der Waals surface area contributed by atoms with Crippen molar-refractivity contribution in [1.82, 2.24) is 14.2 Å². The van der Waals surface area contributed by atoms with Gasteiger partial charge in [-0.05, 0) is 62.4 Å². The molecule has 0 radical (unpaired) electrons. The van der Waals surface area contributed by atoms with E-state index in [1.807, 2.05) is 42.0 Å². The van der Waals surface area contributed by atoms with Gasteiger partial charge in [0.25, 0.3) is 0 Å². The maximum atomic E-state index is 12.8. The predicted octanol–water partition coefficient (Wildman–Crippen LogP) is 3.74. The molecule has 1 atom stereocenters. The van der Waals surface area contributed by atoms with Crippen LogP contribution in [0.25, 0.3) is 10.9 Å². The number of carbonyl (C=O) groups excluding carboxylic acids is 1.